The molecule has 0 saturated carbocycles. The third kappa shape index (κ3) is 2.91. The lowest BCUT2D eigenvalue weighted by Gasteiger charge is -2.24. The summed E-state index contributed by atoms with van der Waals surface area (Å²) in [5.74, 6) is 1.51. The molecule has 6 nitrogen and oxygen atoms in total. The van der Waals surface area contributed by atoms with E-state index in [0.717, 1.165) is 43.0 Å². The maximum absolute atomic E-state index is 12.3. The Bertz CT molecular complexity index is 673. The van der Waals surface area contributed by atoms with Gasteiger partial charge in [0, 0.05) is 37.2 Å². The molecule has 1 aliphatic rings. The molecule has 0 bridgehead atoms. The number of imidazole rings is 1. The number of rotatable bonds is 4. The SMILES string of the molecule is CC[C@H](C)c1cc(C(=O)N[C@@H]2CCc3nc(C)cn3C2)on1. The number of aryl methyl sites for hydroxylation is 2. The lowest BCUT2D eigenvalue weighted by atomic mass is 10.0. The second-order valence-electron chi connectivity index (χ2n) is 6.09. The molecule has 1 N–H and O–H groups in total. The molecule has 0 saturated heterocycles. The van der Waals surface area contributed by atoms with Gasteiger partial charge in [-0.15, -0.1) is 0 Å². The van der Waals surface area contributed by atoms with E-state index in [2.05, 4.69) is 33.9 Å². The molecule has 1 aliphatic heterocycles. The quantitative estimate of drug-likeness (QED) is 0.941. The Kier molecular flexibility index (Phi) is 4.00. The van der Waals surface area contributed by atoms with E-state index >= 15 is 0 Å². The van der Waals surface area contributed by atoms with Gasteiger partial charge in [-0.3, -0.25) is 4.79 Å². The fourth-order valence-corrected chi connectivity index (χ4v) is 2.80. The van der Waals surface area contributed by atoms with E-state index in [-0.39, 0.29) is 11.9 Å². The summed E-state index contributed by atoms with van der Waals surface area (Å²) in [5.41, 5.74) is 1.86. The van der Waals surface area contributed by atoms with Gasteiger partial charge in [0.2, 0.25) is 5.76 Å². The topological polar surface area (TPSA) is 73.0 Å². The van der Waals surface area contributed by atoms with Crippen LogP contribution in [-0.2, 0) is 13.0 Å². The summed E-state index contributed by atoms with van der Waals surface area (Å²) < 4.78 is 7.30. The van der Waals surface area contributed by atoms with Crippen molar-refractivity contribution in [3.05, 3.63) is 35.2 Å². The first-order chi connectivity index (χ1) is 10.6. The van der Waals surface area contributed by atoms with Crippen molar-refractivity contribution in [1.29, 1.82) is 0 Å². The zero-order valence-corrected chi connectivity index (χ0v) is 13.3. The molecular formula is C16H22N4O2. The largest absolute Gasteiger partial charge is 0.351 e. The van der Waals surface area contributed by atoms with Crippen LogP contribution in [0.25, 0.3) is 0 Å². The van der Waals surface area contributed by atoms with Crippen molar-refractivity contribution in [1.82, 2.24) is 20.0 Å². The molecule has 3 rings (SSSR count). The number of fused-ring (bicyclic) bond motifs is 1. The molecule has 118 valence electrons. The van der Waals surface area contributed by atoms with Crippen LogP contribution in [0.4, 0.5) is 0 Å². The number of nitrogens with one attached hydrogen (secondary N) is 1. The van der Waals surface area contributed by atoms with Gasteiger partial charge >= 0.3 is 0 Å². The predicted octanol–water partition coefficient (Wildman–Crippen LogP) is 2.44. The monoisotopic (exact) mass is 302 g/mol. The van der Waals surface area contributed by atoms with Crippen LogP contribution < -0.4 is 5.32 Å². The van der Waals surface area contributed by atoms with Crippen molar-refractivity contribution < 1.29 is 9.32 Å². The van der Waals surface area contributed by atoms with E-state index in [4.69, 9.17) is 4.52 Å². The lowest BCUT2D eigenvalue weighted by Crippen LogP contribution is -2.40. The average molecular weight is 302 g/mol. The summed E-state index contributed by atoms with van der Waals surface area (Å²) >= 11 is 0. The number of amides is 1. The molecule has 0 radical (unpaired) electrons. The fourth-order valence-electron chi connectivity index (χ4n) is 2.80. The maximum atomic E-state index is 12.3. The van der Waals surface area contributed by atoms with Crippen molar-refractivity contribution in [3.63, 3.8) is 0 Å². The number of carbonyl (C=O) groups is 1. The van der Waals surface area contributed by atoms with Crippen LogP contribution in [0.15, 0.2) is 16.8 Å². The maximum Gasteiger partial charge on any atom is 0.290 e. The molecule has 2 atom stereocenters. The highest BCUT2D eigenvalue weighted by Crippen LogP contribution is 2.19. The molecule has 0 aromatic carbocycles. The highest BCUT2D eigenvalue weighted by molar-refractivity contribution is 5.91. The van der Waals surface area contributed by atoms with Crippen LogP contribution in [0.2, 0.25) is 0 Å². The minimum atomic E-state index is -0.188. The van der Waals surface area contributed by atoms with Gasteiger partial charge in [0.1, 0.15) is 5.82 Å². The fraction of sp³-hybridized carbons (Fsp3) is 0.562. The Hall–Kier alpha value is -2.11. The van der Waals surface area contributed by atoms with Crippen molar-refractivity contribution in [3.8, 4) is 0 Å². The zero-order valence-electron chi connectivity index (χ0n) is 13.3. The Morgan fingerprint density at radius 1 is 1.59 bits per heavy atom. The molecular weight excluding hydrogens is 280 g/mol. The number of hydrogen-bond acceptors (Lipinski definition) is 4. The molecule has 2 aromatic heterocycles. The first kappa shape index (κ1) is 14.8. The summed E-state index contributed by atoms with van der Waals surface area (Å²) in [6.07, 6.45) is 4.78. The number of aromatic nitrogens is 3. The molecule has 0 unspecified atom stereocenters. The van der Waals surface area contributed by atoms with E-state index in [1.165, 1.54) is 0 Å². The average Bonchev–Trinajstić information content (AvgIpc) is 3.11. The van der Waals surface area contributed by atoms with Gasteiger partial charge in [0.05, 0.1) is 11.4 Å². The minimum Gasteiger partial charge on any atom is -0.351 e. The van der Waals surface area contributed by atoms with E-state index in [9.17, 15) is 4.79 Å². The lowest BCUT2D eigenvalue weighted by molar-refractivity contribution is 0.0890. The zero-order chi connectivity index (χ0) is 15.7. The van der Waals surface area contributed by atoms with Crippen LogP contribution in [0.1, 0.15) is 60.4 Å². The third-order valence-electron chi connectivity index (χ3n) is 4.32. The number of hydrogen-bond donors (Lipinski definition) is 1. The van der Waals surface area contributed by atoms with Crippen molar-refractivity contribution in [2.45, 2.75) is 58.5 Å². The number of carbonyl (C=O) groups excluding carboxylic acids is 1. The van der Waals surface area contributed by atoms with Gasteiger partial charge in [-0.1, -0.05) is 19.0 Å². The normalized spacial score (nSPS) is 18.8. The highest BCUT2D eigenvalue weighted by atomic mass is 16.5. The smallest absolute Gasteiger partial charge is 0.290 e. The molecule has 1 amide bonds. The standard InChI is InChI=1S/C16H22N4O2/c1-4-10(2)13-7-14(22-19-13)16(21)18-12-5-6-15-17-11(3)8-20(15)9-12/h7-8,10,12H,4-6,9H2,1-3H3,(H,18,21)/t10-,12+/m0/s1. The van der Waals surface area contributed by atoms with E-state index in [0.29, 0.717) is 11.7 Å². The van der Waals surface area contributed by atoms with Gasteiger partial charge in [0.15, 0.2) is 0 Å². The first-order valence-electron chi connectivity index (χ1n) is 7.87. The van der Waals surface area contributed by atoms with Crippen LogP contribution in [-0.4, -0.2) is 26.7 Å². The van der Waals surface area contributed by atoms with Crippen molar-refractivity contribution >= 4 is 5.91 Å². The summed E-state index contributed by atoms with van der Waals surface area (Å²) in [6.45, 7) is 6.91. The summed E-state index contributed by atoms with van der Waals surface area (Å²) in [7, 11) is 0. The Labute approximate surface area is 129 Å². The molecule has 0 fully saturated rings. The van der Waals surface area contributed by atoms with Gasteiger partial charge in [-0.2, -0.15) is 0 Å². The van der Waals surface area contributed by atoms with Crippen LogP contribution in [0.5, 0.6) is 0 Å². The Morgan fingerprint density at radius 2 is 2.41 bits per heavy atom. The van der Waals surface area contributed by atoms with Gasteiger partial charge in [-0.05, 0) is 19.8 Å². The van der Waals surface area contributed by atoms with Crippen LogP contribution in [0, 0.1) is 6.92 Å². The summed E-state index contributed by atoms with van der Waals surface area (Å²) in [5, 5.41) is 7.02. The molecule has 22 heavy (non-hydrogen) atoms. The third-order valence-corrected chi connectivity index (χ3v) is 4.32. The van der Waals surface area contributed by atoms with E-state index in [1.807, 2.05) is 13.1 Å². The molecule has 6 heteroatoms. The van der Waals surface area contributed by atoms with Crippen LogP contribution >= 0.6 is 0 Å². The molecule has 3 heterocycles. The Balaban J connectivity index is 1.64. The summed E-state index contributed by atoms with van der Waals surface area (Å²) in [6, 6.07) is 1.85. The molecule has 2 aromatic rings. The van der Waals surface area contributed by atoms with E-state index in [1.54, 1.807) is 6.07 Å². The minimum absolute atomic E-state index is 0.103. The van der Waals surface area contributed by atoms with Crippen molar-refractivity contribution in [2.24, 2.45) is 0 Å². The highest BCUT2D eigenvalue weighted by Gasteiger charge is 2.23. The predicted molar refractivity (Wildman–Crippen MR) is 81.7 cm³/mol. The van der Waals surface area contributed by atoms with Crippen LogP contribution in [0.3, 0.4) is 0 Å². The second-order valence-corrected chi connectivity index (χ2v) is 6.09. The number of nitrogens with zero attached hydrogens (tertiary/aromatic N) is 3. The van der Waals surface area contributed by atoms with Gasteiger partial charge < -0.3 is 14.4 Å². The van der Waals surface area contributed by atoms with Gasteiger partial charge in [0.25, 0.3) is 5.91 Å². The van der Waals surface area contributed by atoms with Gasteiger partial charge in [-0.25, -0.2) is 4.98 Å². The Morgan fingerprint density at radius 3 is 3.18 bits per heavy atom. The molecule has 0 aliphatic carbocycles. The second kappa shape index (κ2) is 5.94. The van der Waals surface area contributed by atoms with E-state index < -0.39 is 0 Å². The summed E-state index contributed by atoms with van der Waals surface area (Å²) in [4.78, 5) is 16.8. The van der Waals surface area contributed by atoms with Crippen molar-refractivity contribution in [2.75, 3.05) is 0 Å². The first-order valence-corrected chi connectivity index (χ1v) is 7.87. The molecule has 0 spiro atoms.